The first-order valence-electron chi connectivity index (χ1n) is 5.77. The molecule has 18 heavy (non-hydrogen) atoms. The zero-order chi connectivity index (χ0) is 14.0. The fourth-order valence-corrected chi connectivity index (χ4v) is 1.28. The van der Waals surface area contributed by atoms with E-state index in [0.717, 1.165) is 12.8 Å². The third-order valence-electron chi connectivity index (χ3n) is 2.20. The van der Waals surface area contributed by atoms with E-state index in [2.05, 4.69) is 16.6 Å². The summed E-state index contributed by atoms with van der Waals surface area (Å²) in [4.78, 5) is 21.7. The van der Waals surface area contributed by atoms with E-state index in [1.807, 2.05) is 0 Å². The lowest BCUT2D eigenvalue weighted by atomic mass is 10.0. The van der Waals surface area contributed by atoms with Crippen molar-refractivity contribution in [3.63, 3.8) is 0 Å². The number of aliphatic carboxylic acids is 1. The summed E-state index contributed by atoms with van der Waals surface area (Å²) >= 11 is 0. The number of carboxylic acid groups (broad SMARTS) is 1. The highest BCUT2D eigenvalue weighted by molar-refractivity contribution is 5.74. The van der Waals surface area contributed by atoms with Gasteiger partial charge in [-0.3, -0.25) is 4.79 Å². The maximum absolute atomic E-state index is 11.3. The van der Waals surface area contributed by atoms with Crippen molar-refractivity contribution in [1.29, 1.82) is 0 Å². The number of rotatable bonds is 8. The van der Waals surface area contributed by atoms with E-state index in [1.54, 1.807) is 0 Å². The zero-order valence-electron chi connectivity index (χ0n) is 10.5. The Labute approximate surface area is 107 Å². The predicted octanol–water partition coefficient (Wildman–Crippen LogP) is 0.315. The average molecular weight is 256 g/mol. The summed E-state index contributed by atoms with van der Waals surface area (Å²) in [7, 11) is 0. The molecule has 0 saturated heterocycles. The molecule has 1 atom stereocenters. The van der Waals surface area contributed by atoms with Crippen molar-refractivity contribution in [2.75, 3.05) is 13.1 Å². The first-order chi connectivity index (χ1) is 8.37. The van der Waals surface area contributed by atoms with Crippen LogP contribution in [0, 0.1) is 12.3 Å². The highest BCUT2D eigenvalue weighted by Crippen LogP contribution is 2.06. The minimum absolute atomic E-state index is 0.116. The van der Waals surface area contributed by atoms with Gasteiger partial charge in [0, 0.05) is 19.5 Å². The monoisotopic (exact) mass is 256 g/mol. The molecule has 0 saturated carbocycles. The fourth-order valence-electron chi connectivity index (χ4n) is 1.28. The van der Waals surface area contributed by atoms with E-state index >= 15 is 0 Å². The van der Waals surface area contributed by atoms with Crippen LogP contribution in [-0.4, -0.2) is 40.9 Å². The molecule has 0 radical (unpaired) electrons. The van der Waals surface area contributed by atoms with Gasteiger partial charge in [0.2, 0.25) is 0 Å². The van der Waals surface area contributed by atoms with Gasteiger partial charge in [-0.2, -0.15) is 0 Å². The predicted molar refractivity (Wildman–Crippen MR) is 67.0 cm³/mol. The van der Waals surface area contributed by atoms with Crippen molar-refractivity contribution in [2.24, 2.45) is 0 Å². The lowest BCUT2D eigenvalue weighted by Gasteiger charge is -2.21. The maximum Gasteiger partial charge on any atom is 0.314 e. The molecule has 0 bridgehead atoms. The molecule has 0 aromatic rings. The Balaban J connectivity index is 3.70. The minimum atomic E-state index is -1.45. The molecule has 1 unspecified atom stereocenters. The van der Waals surface area contributed by atoms with Crippen LogP contribution in [0.3, 0.4) is 0 Å². The Morgan fingerprint density at radius 3 is 2.56 bits per heavy atom. The van der Waals surface area contributed by atoms with E-state index in [-0.39, 0.29) is 6.54 Å². The Bertz CT molecular complexity index is 321. The topological polar surface area (TPSA) is 98.7 Å². The Morgan fingerprint density at radius 2 is 2.00 bits per heavy atom. The van der Waals surface area contributed by atoms with Crippen molar-refractivity contribution in [1.82, 2.24) is 10.6 Å². The lowest BCUT2D eigenvalue weighted by Crippen LogP contribution is -2.46. The van der Waals surface area contributed by atoms with Gasteiger partial charge in [0.05, 0.1) is 12.0 Å². The molecular weight excluding hydrogens is 236 g/mol. The van der Waals surface area contributed by atoms with Crippen LogP contribution in [0.4, 0.5) is 4.79 Å². The molecule has 0 aromatic heterocycles. The average Bonchev–Trinajstić information content (AvgIpc) is 2.24. The third-order valence-corrected chi connectivity index (χ3v) is 2.20. The normalized spacial score (nSPS) is 13.2. The molecule has 6 nitrogen and oxygen atoms in total. The number of carboxylic acids is 1. The van der Waals surface area contributed by atoms with Crippen molar-refractivity contribution in [3.8, 4) is 12.3 Å². The van der Waals surface area contributed by atoms with Crippen LogP contribution in [0.5, 0.6) is 0 Å². The summed E-state index contributed by atoms with van der Waals surface area (Å²) in [5.74, 6) is 1.39. The van der Waals surface area contributed by atoms with Crippen LogP contribution in [0.15, 0.2) is 0 Å². The highest BCUT2D eigenvalue weighted by Gasteiger charge is 2.24. The van der Waals surface area contributed by atoms with Crippen molar-refractivity contribution >= 4 is 12.0 Å². The molecule has 0 aliphatic heterocycles. The van der Waals surface area contributed by atoms with E-state index in [4.69, 9.17) is 11.5 Å². The highest BCUT2D eigenvalue weighted by atomic mass is 16.4. The minimum Gasteiger partial charge on any atom is -0.481 e. The molecule has 4 N–H and O–H groups in total. The molecular formula is C12H20N2O4. The van der Waals surface area contributed by atoms with Crippen LogP contribution in [0.25, 0.3) is 0 Å². The number of carbonyl (C=O) groups excluding carboxylic acids is 1. The van der Waals surface area contributed by atoms with Gasteiger partial charge in [-0.25, -0.2) is 4.79 Å². The van der Waals surface area contributed by atoms with Crippen molar-refractivity contribution in [2.45, 2.75) is 38.2 Å². The summed E-state index contributed by atoms with van der Waals surface area (Å²) in [6, 6.07) is -0.429. The van der Waals surface area contributed by atoms with Crippen LogP contribution in [0.1, 0.15) is 32.6 Å². The quantitative estimate of drug-likeness (QED) is 0.371. The van der Waals surface area contributed by atoms with Gasteiger partial charge < -0.3 is 20.8 Å². The van der Waals surface area contributed by atoms with Gasteiger partial charge in [0.25, 0.3) is 0 Å². The first-order valence-corrected chi connectivity index (χ1v) is 5.77. The van der Waals surface area contributed by atoms with Gasteiger partial charge in [0.15, 0.2) is 0 Å². The van der Waals surface area contributed by atoms with Gasteiger partial charge >= 0.3 is 12.0 Å². The Morgan fingerprint density at radius 1 is 1.33 bits per heavy atom. The van der Waals surface area contributed by atoms with Crippen molar-refractivity contribution in [3.05, 3.63) is 0 Å². The smallest absolute Gasteiger partial charge is 0.314 e. The second kappa shape index (κ2) is 8.37. The Hall–Kier alpha value is -1.74. The summed E-state index contributed by atoms with van der Waals surface area (Å²) in [5, 5.41) is 23.2. The summed E-state index contributed by atoms with van der Waals surface area (Å²) < 4.78 is 0. The Kier molecular flexibility index (Phi) is 7.56. The lowest BCUT2D eigenvalue weighted by molar-refractivity contribution is -0.141. The van der Waals surface area contributed by atoms with Crippen molar-refractivity contribution < 1.29 is 19.8 Å². The number of urea groups is 1. The fraction of sp³-hybridized carbons (Fsp3) is 0.667. The first kappa shape index (κ1) is 16.3. The van der Waals surface area contributed by atoms with E-state index in [9.17, 15) is 14.7 Å². The molecule has 0 aliphatic carbocycles. The molecule has 2 amide bonds. The number of hydrogen-bond donors (Lipinski definition) is 4. The molecule has 0 spiro atoms. The SMILES string of the molecule is C#CCCCCNC(=O)NCC(C)(O)CC(=O)O. The standard InChI is InChI=1S/C12H20N2O4/c1-3-4-5-6-7-13-11(17)14-9-12(2,18)8-10(15)16/h1,18H,4-9H2,2H3,(H,15,16)(H2,13,14,17). The third kappa shape index (κ3) is 9.48. The molecule has 0 rings (SSSR count). The van der Waals surface area contributed by atoms with Gasteiger partial charge in [-0.15, -0.1) is 12.3 Å². The number of carbonyl (C=O) groups is 2. The van der Waals surface area contributed by atoms with Gasteiger partial charge in [-0.1, -0.05) is 0 Å². The van der Waals surface area contributed by atoms with Crippen LogP contribution in [-0.2, 0) is 4.79 Å². The zero-order valence-corrected chi connectivity index (χ0v) is 10.5. The summed E-state index contributed by atoms with van der Waals surface area (Å²) in [6.45, 7) is 1.73. The molecule has 0 heterocycles. The maximum atomic E-state index is 11.3. The number of amides is 2. The second-order valence-corrected chi connectivity index (χ2v) is 4.34. The van der Waals surface area contributed by atoms with Gasteiger partial charge in [-0.05, 0) is 19.8 Å². The molecule has 0 fully saturated rings. The van der Waals surface area contributed by atoms with E-state index in [1.165, 1.54) is 6.92 Å². The number of hydrogen-bond acceptors (Lipinski definition) is 3. The summed E-state index contributed by atoms with van der Waals surface area (Å²) in [6.07, 6.45) is 6.96. The number of nitrogens with one attached hydrogen (secondary N) is 2. The van der Waals surface area contributed by atoms with Crippen LogP contribution < -0.4 is 10.6 Å². The van der Waals surface area contributed by atoms with E-state index < -0.39 is 24.0 Å². The summed E-state index contributed by atoms with van der Waals surface area (Å²) in [5.41, 5.74) is -1.45. The number of terminal acetylenes is 1. The van der Waals surface area contributed by atoms with Gasteiger partial charge in [0.1, 0.15) is 0 Å². The molecule has 102 valence electrons. The van der Waals surface area contributed by atoms with Crippen LogP contribution in [0.2, 0.25) is 0 Å². The van der Waals surface area contributed by atoms with Crippen LogP contribution >= 0.6 is 0 Å². The molecule has 0 aliphatic rings. The largest absolute Gasteiger partial charge is 0.481 e. The number of unbranched alkanes of at least 4 members (excludes halogenated alkanes) is 2. The molecule has 6 heteroatoms. The van der Waals surface area contributed by atoms with E-state index in [0.29, 0.717) is 13.0 Å². The second-order valence-electron chi connectivity index (χ2n) is 4.34. The molecule has 0 aromatic carbocycles. The number of aliphatic hydroxyl groups is 1.